The predicted octanol–water partition coefficient (Wildman–Crippen LogP) is 2.80. The maximum atomic E-state index is 13.1. The average molecular weight is 365 g/mol. The minimum absolute atomic E-state index is 0.0341. The molecule has 2 atom stereocenters. The molecule has 25 heavy (non-hydrogen) atoms. The molecule has 3 rings (SSSR count). The van der Waals surface area contributed by atoms with Crippen molar-refractivity contribution in [1.29, 1.82) is 0 Å². The van der Waals surface area contributed by atoms with Crippen molar-refractivity contribution in [1.82, 2.24) is 9.21 Å². The maximum Gasteiger partial charge on any atom is 0.243 e. The number of amides is 1. The van der Waals surface area contributed by atoms with Gasteiger partial charge in [0.1, 0.15) is 6.04 Å². The van der Waals surface area contributed by atoms with Gasteiger partial charge >= 0.3 is 0 Å². The van der Waals surface area contributed by atoms with Crippen molar-refractivity contribution in [2.24, 2.45) is 0 Å². The molecule has 0 radical (unpaired) electrons. The topological polar surface area (TPSA) is 57.7 Å². The van der Waals surface area contributed by atoms with E-state index in [0.717, 1.165) is 37.8 Å². The molecule has 2 saturated heterocycles. The minimum Gasteiger partial charge on any atom is -0.337 e. The molecule has 0 aliphatic carbocycles. The number of piperazine rings is 1. The van der Waals surface area contributed by atoms with Crippen molar-refractivity contribution in [3.05, 3.63) is 29.8 Å². The van der Waals surface area contributed by atoms with E-state index in [0.29, 0.717) is 6.54 Å². The van der Waals surface area contributed by atoms with Gasteiger partial charge in [-0.25, -0.2) is 8.42 Å². The zero-order valence-corrected chi connectivity index (χ0v) is 16.0. The van der Waals surface area contributed by atoms with Crippen LogP contribution in [0, 0.1) is 0 Å². The van der Waals surface area contributed by atoms with Crippen molar-refractivity contribution in [3.63, 3.8) is 0 Å². The van der Waals surface area contributed by atoms with E-state index < -0.39 is 16.1 Å². The molecular weight excluding hydrogens is 336 g/mol. The monoisotopic (exact) mass is 364 g/mol. The van der Waals surface area contributed by atoms with Crippen LogP contribution in [0.2, 0.25) is 0 Å². The van der Waals surface area contributed by atoms with Crippen LogP contribution in [0.1, 0.15) is 51.5 Å². The summed E-state index contributed by atoms with van der Waals surface area (Å²) in [6.45, 7) is 5.04. The quantitative estimate of drug-likeness (QED) is 0.729. The van der Waals surface area contributed by atoms with Gasteiger partial charge in [-0.05, 0) is 50.3 Å². The molecule has 0 N–H and O–H groups in total. The Morgan fingerprint density at radius 2 is 1.88 bits per heavy atom. The Morgan fingerprint density at radius 3 is 2.56 bits per heavy atom. The Balaban J connectivity index is 1.77. The number of aryl methyl sites for hydroxylation is 1. The van der Waals surface area contributed by atoms with Gasteiger partial charge < -0.3 is 4.90 Å². The van der Waals surface area contributed by atoms with E-state index in [2.05, 4.69) is 6.92 Å². The summed E-state index contributed by atoms with van der Waals surface area (Å²) in [4.78, 5) is 14.7. The lowest BCUT2D eigenvalue weighted by Gasteiger charge is -2.40. The van der Waals surface area contributed by atoms with Crippen LogP contribution in [0.3, 0.4) is 0 Å². The fourth-order valence-corrected chi connectivity index (χ4v) is 5.52. The molecule has 1 aromatic rings. The van der Waals surface area contributed by atoms with E-state index >= 15 is 0 Å². The third-order valence-electron chi connectivity index (χ3n) is 5.44. The standard InChI is InChI=1S/C19H28N2O3S/c1-3-4-5-7-16-9-11-18(12-10-16)25(23,24)21-14-17-8-6-13-20(17)19(22)15(21)2/h9-12,15,17H,3-8,13-14H2,1-2H3/t15-,17-/m1/s1. The second kappa shape index (κ2) is 7.46. The summed E-state index contributed by atoms with van der Waals surface area (Å²) in [5.74, 6) is -0.0616. The molecule has 2 heterocycles. The second-order valence-corrected chi connectivity index (χ2v) is 9.07. The number of fused-ring (bicyclic) bond motifs is 1. The molecule has 1 amide bonds. The SMILES string of the molecule is CCCCCc1ccc(S(=O)(=O)N2C[C@H]3CCCN3C(=O)[C@H]2C)cc1. The third kappa shape index (κ3) is 3.60. The lowest BCUT2D eigenvalue weighted by Crippen LogP contribution is -2.59. The van der Waals surface area contributed by atoms with Crippen LogP contribution >= 0.6 is 0 Å². The van der Waals surface area contributed by atoms with Gasteiger partial charge in [0.2, 0.25) is 15.9 Å². The molecule has 5 nitrogen and oxygen atoms in total. The molecule has 6 heteroatoms. The van der Waals surface area contributed by atoms with Crippen LogP contribution in [0.15, 0.2) is 29.2 Å². The number of sulfonamides is 1. The Kier molecular flexibility index (Phi) is 5.49. The molecule has 2 aliphatic rings. The summed E-state index contributed by atoms with van der Waals surface area (Å²) in [6, 6.07) is 6.60. The van der Waals surface area contributed by atoms with E-state index in [1.165, 1.54) is 17.1 Å². The lowest BCUT2D eigenvalue weighted by molar-refractivity contribution is -0.139. The van der Waals surface area contributed by atoms with Crippen LogP contribution < -0.4 is 0 Å². The first-order valence-electron chi connectivity index (χ1n) is 9.36. The minimum atomic E-state index is -3.64. The first-order valence-corrected chi connectivity index (χ1v) is 10.8. The average Bonchev–Trinajstić information content (AvgIpc) is 3.07. The van der Waals surface area contributed by atoms with Gasteiger partial charge in [-0.15, -0.1) is 0 Å². The predicted molar refractivity (Wildman–Crippen MR) is 97.8 cm³/mol. The first-order chi connectivity index (χ1) is 11.9. The van der Waals surface area contributed by atoms with E-state index in [-0.39, 0.29) is 16.8 Å². The van der Waals surface area contributed by atoms with Gasteiger partial charge in [-0.3, -0.25) is 4.79 Å². The van der Waals surface area contributed by atoms with Crippen molar-refractivity contribution in [2.75, 3.05) is 13.1 Å². The molecular formula is C19H28N2O3S. The van der Waals surface area contributed by atoms with Crippen molar-refractivity contribution >= 4 is 15.9 Å². The zero-order chi connectivity index (χ0) is 18.0. The number of carbonyl (C=O) groups is 1. The summed E-state index contributed by atoms with van der Waals surface area (Å²) in [6.07, 6.45) is 6.31. The molecule has 0 bridgehead atoms. The Hall–Kier alpha value is -1.40. The van der Waals surface area contributed by atoms with Gasteiger partial charge in [-0.1, -0.05) is 31.9 Å². The smallest absolute Gasteiger partial charge is 0.243 e. The van der Waals surface area contributed by atoms with Crippen LogP contribution in [0.25, 0.3) is 0 Å². The lowest BCUT2D eigenvalue weighted by atomic mass is 10.1. The van der Waals surface area contributed by atoms with E-state index in [1.54, 1.807) is 19.1 Å². The molecule has 0 unspecified atom stereocenters. The number of carbonyl (C=O) groups excluding carboxylic acids is 1. The molecule has 0 aromatic heterocycles. The fraction of sp³-hybridized carbons (Fsp3) is 0.632. The van der Waals surface area contributed by atoms with Gasteiger partial charge in [0.25, 0.3) is 0 Å². The van der Waals surface area contributed by atoms with Crippen LogP contribution in [-0.2, 0) is 21.2 Å². The zero-order valence-electron chi connectivity index (χ0n) is 15.1. The van der Waals surface area contributed by atoms with Gasteiger partial charge in [0.15, 0.2) is 0 Å². The second-order valence-electron chi connectivity index (χ2n) is 7.18. The summed E-state index contributed by atoms with van der Waals surface area (Å²) in [5, 5.41) is 0. The van der Waals surface area contributed by atoms with Crippen molar-refractivity contribution < 1.29 is 13.2 Å². The highest BCUT2D eigenvalue weighted by molar-refractivity contribution is 7.89. The van der Waals surface area contributed by atoms with Gasteiger partial charge in [-0.2, -0.15) is 4.31 Å². The van der Waals surface area contributed by atoms with Crippen molar-refractivity contribution in [3.8, 4) is 0 Å². The van der Waals surface area contributed by atoms with Crippen LogP contribution in [0.4, 0.5) is 0 Å². The van der Waals surface area contributed by atoms with E-state index in [4.69, 9.17) is 0 Å². The van der Waals surface area contributed by atoms with E-state index in [1.807, 2.05) is 17.0 Å². The van der Waals surface area contributed by atoms with E-state index in [9.17, 15) is 13.2 Å². The number of unbranched alkanes of at least 4 members (excludes halogenated alkanes) is 2. The normalized spacial score (nSPS) is 24.6. The molecule has 2 fully saturated rings. The molecule has 0 saturated carbocycles. The van der Waals surface area contributed by atoms with Crippen LogP contribution in [0.5, 0.6) is 0 Å². The molecule has 0 spiro atoms. The highest BCUT2D eigenvalue weighted by atomic mass is 32.2. The molecule has 1 aromatic carbocycles. The number of nitrogens with zero attached hydrogens (tertiary/aromatic N) is 2. The third-order valence-corrected chi connectivity index (χ3v) is 7.39. The summed E-state index contributed by atoms with van der Waals surface area (Å²) < 4.78 is 27.5. The number of rotatable bonds is 6. The number of benzene rings is 1. The number of hydrogen-bond acceptors (Lipinski definition) is 3. The molecule has 138 valence electrons. The van der Waals surface area contributed by atoms with Crippen molar-refractivity contribution in [2.45, 2.75) is 69.4 Å². The summed E-state index contributed by atoms with van der Waals surface area (Å²) >= 11 is 0. The highest BCUT2D eigenvalue weighted by Crippen LogP contribution is 2.30. The van der Waals surface area contributed by atoms with Gasteiger partial charge in [0.05, 0.1) is 4.90 Å². The largest absolute Gasteiger partial charge is 0.337 e. The Bertz CT molecular complexity index is 715. The van der Waals surface area contributed by atoms with Gasteiger partial charge in [0, 0.05) is 19.1 Å². The summed E-state index contributed by atoms with van der Waals surface area (Å²) in [5.41, 5.74) is 1.16. The Morgan fingerprint density at radius 1 is 1.16 bits per heavy atom. The maximum absolute atomic E-state index is 13.1. The first kappa shape index (κ1) is 18.4. The summed E-state index contributed by atoms with van der Waals surface area (Å²) in [7, 11) is -3.64. The fourth-order valence-electron chi connectivity index (χ4n) is 3.89. The van der Waals surface area contributed by atoms with Crippen LogP contribution in [-0.4, -0.2) is 48.7 Å². The molecule has 2 aliphatic heterocycles. The Labute approximate surface area is 151 Å². The number of hydrogen-bond donors (Lipinski definition) is 0. The highest BCUT2D eigenvalue weighted by Gasteiger charge is 2.45.